The van der Waals surface area contributed by atoms with E-state index in [-0.39, 0.29) is 4.90 Å². The molecule has 20 heavy (non-hydrogen) atoms. The van der Waals surface area contributed by atoms with Gasteiger partial charge in [-0.3, -0.25) is 4.72 Å². The van der Waals surface area contributed by atoms with E-state index in [1.165, 1.54) is 6.07 Å². The lowest BCUT2D eigenvalue weighted by molar-refractivity contribution is 0.600. The van der Waals surface area contributed by atoms with Gasteiger partial charge in [0.2, 0.25) is 0 Å². The minimum absolute atomic E-state index is 0.200. The third kappa shape index (κ3) is 3.05. The van der Waals surface area contributed by atoms with Crippen LogP contribution < -0.4 is 10.5 Å². The lowest BCUT2D eigenvalue weighted by Gasteiger charge is -2.13. The van der Waals surface area contributed by atoms with Gasteiger partial charge in [-0.05, 0) is 55.3 Å². The molecular weight excluding hydrogens is 296 g/mol. The molecule has 0 radical (unpaired) electrons. The van der Waals surface area contributed by atoms with Gasteiger partial charge in [0.15, 0.2) is 0 Å². The van der Waals surface area contributed by atoms with Crippen LogP contribution in [0.25, 0.3) is 0 Å². The maximum absolute atomic E-state index is 12.4. The molecule has 0 aliphatic carbocycles. The van der Waals surface area contributed by atoms with Crippen LogP contribution in [0.15, 0.2) is 41.3 Å². The van der Waals surface area contributed by atoms with Crippen molar-refractivity contribution in [1.29, 1.82) is 0 Å². The fourth-order valence-corrected chi connectivity index (χ4v) is 3.40. The van der Waals surface area contributed by atoms with E-state index in [1.54, 1.807) is 37.3 Å². The molecule has 4 nitrogen and oxygen atoms in total. The largest absolute Gasteiger partial charge is 0.399 e. The molecule has 0 unspecified atom stereocenters. The fraction of sp³-hybridized carbons (Fsp3) is 0.143. The number of hydrogen-bond donors (Lipinski definition) is 2. The van der Waals surface area contributed by atoms with Crippen LogP contribution in [0.4, 0.5) is 11.4 Å². The second kappa shape index (κ2) is 5.34. The molecular formula is C14H15ClN2O2S. The Morgan fingerprint density at radius 2 is 1.75 bits per heavy atom. The van der Waals surface area contributed by atoms with Crippen LogP contribution >= 0.6 is 11.6 Å². The van der Waals surface area contributed by atoms with Crippen LogP contribution in [-0.4, -0.2) is 8.42 Å². The molecule has 6 heteroatoms. The molecule has 0 aromatic heterocycles. The first-order valence-corrected chi connectivity index (χ1v) is 7.81. The van der Waals surface area contributed by atoms with E-state index in [2.05, 4.69) is 4.72 Å². The van der Waals surface area contributed by atoms with E-state index in [1.807, 2.05) is 6.92 Å². The van der Waals surface area contributed by atoms with E-state index in [0.29, 0.717) is 22.0 Å². The average Bonchev–Trinajstić information content (AvgIpc) is 2.33. The van der Waals surface area contributed by atoms with Crippen molar-refractivity contribution in [3.63, 3.8) is 0 Å². The molecule has 0 atom stereocenters. The van der Waals surface area contributed by atoms with Crippen LogP contribution in [0, 0.1) is 13.8 Å². The van der Waals surface area contributed by atoms with Gasteiger partial charge in [0.25, 0.3) is 10.0 Å². The molecule has 0 amide bonds. The van der Waals surface area contributed by atoms with Crippen molar-refractivity contribution in [3.8, 4) is 0 Å². The van der Waals surface area contributed by atoms with E-state index in [0.717, 1.165) is 5.56 Å². The van der Waals surface area contributed by atoms with Crippen molar-refractivity contribution in [2.45, 2.75) is 18.7 Å². The topological polar surface area (TPSA) is 72.2 Å². The van der Waals surface area contributed by atoms with Crippen LogP contribution in [0.2, 0.25) is 5.02 Å². The van der Waals surface area contributed by atoms with Crippen LogP contribution in [-0.2, 0) is 10.0 Å². The second-order valence-electron chi connectivity index (χ2n) is 4.59. The van der Waals surface area contributed by atoms with Crippen LogP contribution in [0.1, 0.15) is 11.1 Å². The molecule has 0 aliphatic heterocycles. The molecule has 2 aromatic rings. The van der Waals surface area contributed by atoms with E-state index in [4.69, 9.17) is 17.3 Å². The van der Waals surface area contributed by atoms with Gasteiger partial charge in [-0.25, -0.2) is 8.42 Å². The number of benzene rings is 2. The second-order valence-corrected chi connectivity index (χ2v) is 6.68. The molecule has 0 bridgehead atoms. The third-order valence-corrected chi connectivity index (χ3v) is 4.69. The van der Waals surface area contributed by atoms with Crippen molar-refractivity contribution in [2.75, 3.05) is 10.5 Å². The van der Waals surface area contributed by atoms with Crippen molar-refractivity contribution >= 4 is 33.0 Å². The highest BCUT2D eigenvalue weighted by atomic mass is 35.5. The van der Waals surface area contributed by atoms with Crippen molar-refractivity contribution < 1.29 is 8.42 Å². The first-order chi connectivity index (χ1) is 9.29. The summed E-state index contributed by atoms with van der Waals surface area (Å²) in [4.78, 5) is 0.200. The monoisotopic (exact) mass is 310 g/mol. The Morgan fingerprint density at radius 1 is 1.05 bits per heavy atom. The molecule has 0 aliphatic rings. The summed E-state index contributed by atoms with van der Waals surface area (Å²) in [5.41, 5.74) is 8.02. The third-order valence-electron chi connectivity index (χ3n) is 2.93. The van der Waals surface area contributed by atoms with Gasteiger partial charge in [-0.2, -0.15) is 0 Å². The number of rotatable bonds is 3. The SMILES string of the molecule is Cc1ccc(Cl)cc1NS(=O)(=O)c1ccc(N)cc1C. The van der Waals surface area contributed by atoms with Gasteiger partial charge >= 0.3 is 0 Å². The zero-order valence-corrected chi connectivity index (χ0v) is 12.7. The highest BCUT2D eigenvalue weighted by Gasteiger charge is 2.18. The number of aryl methyl sites for hydroxylation is 2. The minimum Gasteiger partial charge on any atom is -0.399 e. The maximum atomic E-state index is 12.4. The van der Waals surface area contributed by atoms with Gasteiger partial charge in [0.1, 0.15) is 0 Å². The lowest BCUT2D eigenvalue weighted by atomic mass is 10.2. The van der Waals surface area contributed by atoms with Crippen molar-refractivity contribution in [1.82, 2.24) is 0 Å². The zero-order valence-electron chi connectivity index (χ0n) is 11.1. The summed E-state index contributed by atoms with van der Waals surface area (Å²) in [6.45, 7) is 3.51. The Balaban J connectivity index is 2.43. The molecule has 3 N–H and O–H groups in total. The summed E-state index contributed by atoms with van der Waals surface area (Å²) in [6.07, 6.45) is 0. The molecule has 106 valence electrons. The molecule has 0 spiro atoms. The normalized spacial score (nSPS) is 11.3. The predicted molar refractivity (Wildman–Crippen MR) is 82.6 cm³/mol. The van der Waals surface area contributed by atoms with E-state index < -0.39 is 10.0 Å². The van der Waals surface area contributed by atoms with Crippen LogP contribution in [0.3, 0.4) is 0 Å². The number of sulfonamides is 1. The maximum Gasteiger partial charge on any atom is 0.262 e. The number of halogens is 1. The molecule has 0 saturated heterocycles. The Hall–Kier alpha value is -1.72. The predicted octanol–water partition coefficient (Wildman–Crippen LogP) is 3.34. The highest BCUT2D eigenvalue weighted by Crippen LogP contribution is 2.25. The summed E-state index contributed by atoms with van der Waals surface area (Å²) in [6, 6.07) is 9.74. The smallest absolute Gasteiger partial charge is 0.262 e. The van der Waals surface area contributed by atoms with Crippen molar-refractivity contribution in [3.05, 3.63) is 52.5 Å². The number of hydrogen-bond acceptors (Lipinski definition) is 3. The van der Waals surface area contributed by atoms with Crippen LogP contribution in [0.5, 0.6) is 0 Å². The number of nitrogens with one attached hydrogen (secondary N) is 1. The summed E-state index contributed by atoms with van der Waals surface area (Å²) >= 11 is 5.89. The fourth-order valence-electron chi connectivity index (χ4n) is 1.88. The van der Waals surface area contributed by atoms with Gasteiger partial charge < -0.3 is 5.73 Å². The van der Waals surface area contributed by atoms with Gasteiger partial charge in [-0.1, -0.05) is 17.7 Å². The van der Waals surface area contributed by atoms with E-state index in [9.17, 15) is 8.42 Å². The summed E-state index contributed by atoms with van der Waals surface area (Å²) in [7, 11) is -3.66. The molecule has 2 aromatic carbocycles. The molecule has 2 rings (SSSR count). The standard InChI is InChI=1S/C14H15ClN2O2S/c1-9-3-4-11(15)8-13(9)17-20(18,19)14-6-5-12(16)7-10(14)2/h3-8,17H,16H2,1-2H3. The minimum atomic E-state index is -3.66. The average molecular weight is 311 g/mol. The Labute approximate surface area is 123 Å². The summed E-state index contributed by atoms with van der Waals surface area (Å²) in [5, 5.41) is 0.474. The molecule has 0 saturated carbocycles. The number of anilines is 2. The Bertz CT molecular complexity index is 758. The number of nitrogens with two attached hydrogens (primary N) is 1. The van der Waals surface area contributed by atoms with E-state index >= 15 is 0 Å². The Kier molecular flexibility index (Phi) is 3.92. The summed E-state index contributed by atoms with van der Waals surface area (Å²) < 4.78 is 27.4. The van der Waals surface area contributed by atoms with Gasteiger partial charge in [0, 0.05) is 10.7 Å². The molecule has 0 heterocycles. The highest BCUT2D eigenvalue weighted by molar-refractivity contribution is 7.92. The van der Waals surface area contributed by atoms with Gasteiger partial charge in [0.05, 0.1) is 10.6 Å². The first-order valence-electron chi connectivity index (χ1n) is 5.95. The van der Waals surface area contributed by atoms with Gasteiger partial charge in [-0.15, -0.1) is 0 Å². The molecule has 0 fully saturated rings. The van der Waals surface area contributed by atoms with Crippen molar-refractivity contribution in [2.24, 2.45) is 0 Å². The Morgan fingerprint density at radius 3 is 2.40 bits per heavy atom. The lowest BCUT2D eigenvalue weighted by Crippen LogP contribution is -2.15. The number of nitrogen functional groups attached to an aromatic ring is 1. The zero-order chi connectivity index (χ0) is 14.9. The summed E-state index contributed by atoms with van der Waals surface area (Å²) in [5.74, 6) is 0. The quantitative estimate of drug-likeness (QED) is 0.854. The first kappa shape index (κ1) is 14.7.